The zero-order valence-corrected chi connectivity index (χ0v) is 17.3. The van der Waals surface area contributed by atoms with Gasteiger partial charge in [-0.1, -0.05) is 0 Å². The average Bonchev–Trinajstić information content (AvgIpc) is 3.24. The van der Waals surface area contributed by atoms with Crippen LogP contribution in [-0.4, -0.2) is 54.0 Å². The lowest BCUT2D eigenvalue weighted by atomic mass is 10.1. The zero-order chi connectivity index (χ0) is 21.7. The Morgan fingerprint density at radius 3 is 2.53 bits per heavy atom. The minimum Gasteiger partial charge on any atom is -0.497 e. The number of aromatic nitrogens is 1. The molecule has 2 amide bonds. The molecule has 30 heavy (non-hydrogen) atoms. The summed E-state index contributed by atoms with van der Waals surface area (Å²) in [6, 6.07) is 9.46. The van der Waals surface area contributed by atoms with Crippen LogP contribution in [0.4, 0.5) is 5.69 Å². The molecule has 1 aliphatic heterocycles. The van der Waals surface area contributed by atoms with E-state index in [1.165, 1.54) is 17.0 Å². The zero-order valence-electron chi connectivity index (χ0n) is 17.3. The predicted octanol–water partition coefficient (Wildman–Crippen LogP) is 2.82. The molecular formula is C22H25N3O5. The maximum atomic E-state index is 13.0. The van der Waals surface area contributed by atoms with Crippen LogP contribution in [0.25, 0.3) is 0 Å². The van der Waals surface area contributed by atoms with Gasteiger partial charge in [-0.3, -0.25) is 9.59 Å². The maximum absolute atomic E-state index is 13.0. The first-order valence-electron chi connectivity index (χ1n) is 9.85. The van der Waals surface area contributed by atoms with E-state index in [0.717, 1.165) is 6.42 Å². The monoisotopic (exact) mass is 411 g/mol. The van der Waals surface area contributed by atoms with Gasteiger partial charge in [-0.05, 0) is 63.1 Å². The standard InChI is InChI=1S/C22H25N3O5/c1-4-30-22(28)17-11-12-18(23-14(17)2)21(27)25-13-5-6-19(25)20(26)24-15-7-9-16(29-3)10-8-15/h7-12,19H,4-6,13H2,1-3H3,(H,24,26). The molecule has 3 rings (SSSR count). The molecule has 0 radical (unpaired) electrons. The molecule has 2 aromatic rings. The Balaban J connectivity index is 1.72. The number of ether oxygens (including phenoxy) is 2. The number of esters is 1. The van der Waals surface area contributed by atoms with Gasteiger partial charge in [0.25, 0.3) is 5.91 Å². The van der Waals surface area contributed by atoms with Crippen LogP contribution in [0.5, 0.6) is 5.75 Å². The summed E-state index contributed by atoms with van der Waals surface area (Å²) in [5, 5.41) is 2.85. The van der Waals surface area contributed by atoms with E-state index in [9.17, 15) is 14.4 Å². The van der Waals surface area contributed by atoms with E-state index < -0.39 is 12.0 Å². The number of benzene rings is 1. The van der Waals surface area contributed by atoms with E-state index in [0.29, 0.717) is 35.7 Å². The van der Waals surface area contributed by atoms with Crippen molar-refractivity contribution in [2.24, 2.45) is 0 Å². The van der Waals surface area contributed by atoms with Crippen molar-refractivity contribution >= 4 is 23.5 Å². The Labute approximate surface area is 175 Å². The molecule has 0 bridgehead atoms. The second-order valence-electron chi connectivity index (χ2n) is 6.92. The normalized spacial score (nSPS) is 15.6. The van der Waals surface area contributed by atoms with Gasteiger partial charge in [-0.25, -0.2) is 9.78 Å². The number of nitrogens with one attached hydrogen (secondary N) is 1. The summed E-state index contributed by atoms with van der Waals surface area (Å²) in [6.07, 6.45) is 1.31. The second kappa shape index (κ2) is 9.39. The molecule has 0 spiro atoms. The first-order chi connectivity index (χ1) is 14.4. The predicted molar refractivity (Wildman–Crippen MR) is 111 cm³/mol. The first kappa shape index (κ1) is 21.3. The number of pyridine rings is 1. The van der Waals surface area contributed by atoms with Gasteiger partial charge >= 0.3 is 5.97 Å². The Bertz CT molecular complexity index is 942. The molecule has 1 saturated heterocycles. The van der Waals surface area contributed by atoms with Gasteiger partial charge in [-0.15, -0.1) is 0 Å². The highest BCUT2D eigenvalue weighted by Gasteiger charge is 2.35. The third kappa shape index (κ3) is 4.59. The van der Waals surface area contributed by atoms with Crippen LogP contribution in [-0.2, 0) is 9.53 Å². The van der Waals surface area contributed by atoms with Gasteiger partial charge < -0.3 is 19.7 Å². The fourth-order valence-corrected chi connectivity index (χ4v) is 3.43. The number of aryl methyl sites for hydroxylation is 1. The summed E-state index contributed by atoms with van der Waals surface area (Å²) in [4.78, 5) is 43.5. The largest absolute Gasteiger partial charge is 0.497 e. The number of rotatable bonds is 6. The summed E-state index contributed by atoms with van der Waals surface area (Å²) in [6.45, 7) is 4.11. The van der Waals surface area contributed by atoms with Crippen molar-refractivity contribution in [2.75, 3.05) is 25.6 Å². The number of anilines is 1. The topological polar surface area (TPSA) is 97.8 Å². The lowest BCUT2D eigenvalue weighted by Crippen LogP contribution is -2.43. The van der Waals surface area contributed by atoms with Crippen molar-refractivity contribution < 1.29 is 23.9 Å². The van der Waals surface area contributed by atoms with E-state index in [1.807, 2.05) is 0 Å². The summed E-state index contributed by atoms with van der Waals surface area (Å²) >= 11 is 0. The van der Waals surface area contributed by atoms with Gasteiger partial charge in [0.05, 0.1) is 25.0 Å². The number of hydrogen-bond acceptors (Lipinski definition) is 6. The molecule has 1 aromatic carbocycles. The van der Waals surface area contributed by atoms with Crippen LogP contribution in [0.2, 0.25) is 0 Å². The van der Waals surface area contributed by atoms with Crippen LogP contribution >= 0.6 is 0 Å². The molecule has 1 aliphatic rings. The Kier molecular flexibility index (Phi) is 6.66. The van der Waals surface area contributed by atoms with Crippen molar-refractivity contribution in [3.63, 3.8) is 0 Å². The fraction of sp³-hybridized carbons (Fsp3) is 0.364. The van der Waals surface area contributed by atoms with Crippen molar-refractivity contribution in [1.82, 2.24) is 9.88 Å². The summed E-state index contributed by atoms with van der Waals surface area (Å²) in [7, 11) is 1.57. The minimum atomic E-state index is -0.577. The summed E-state index contributed by atoms with van der Waals surface area (Å²) in [5.41, 5.74) is 1.57. The smallest absolute Gasteiger partial charge is 0.339 e. The molecule has 1 atom stereocenters. The highest BCUT2D eigenvalue weighted by Crippen LogP contribution is 2.23. The quantitative estimate of drug-likeness (QED) is 0.734. The van der Waals surface area contributed by atoms with Gasteiger partial charge in [0.2, 0.25) is 5.91 Å². The van der Waals surface area contributed by atoms with Gasteiger partial charge in [-0.2, -0.15) is 0 Å². The van der Waals surface area contributed by atoms with E-state index in [2.05, 4.69) is 10.3 Å². The van der Waals surface area contributed by atoms with E-state index in [1.54, 1.807) is 45.2 Å². The number of carbonyl (C=O) groups is 3. The maximum Gasteiger partial charge on any atom is 0.339 e. The number of likely N-dealkylation sites (tertiary alicyclic amines) is 1. The highest BCUT2D eigenvalue weighted by molar-refractivity contribution is 6.01. The Hall–Kier alpha value is -3.42. The van der Waals surface area contributed by atoms with Crippen LogP contribution in [0.1, 0.15) is 46.3 Å². The van der Waals surface area contributed by atoms with Crippen molar-refractivity contribution in [2.45, 2.75) is 32.7 Å². The van der Waals surface area contributed by atoms with Gasteiger partial charge in [0.1, 0.15) is 17.5 Å². The Morgan fingerprint density at radius 2 is 1.90 bits per heavy atom. The number of amides is 2. The molecule has 1 aromatic heterocycles. The van der Waals surface area contributed by atoms with Crippen LogP contribution < -0.4 is 10.1 Å². The van der Waals surface area contributed by atoms with E-state index >= 15 is 0 Å². The molecule has 1 fully saturated rings. The molecular weight excluding hydrogens is 386 g/mol. The van der Waals surface area contributed by atoms with Gasteiger partial charge in [0.15, 0.2) is 0 Å². The molecule has 0 aliphatic carbocycles. The second-order valence-corrected chi connectivity index (χ2v) is 6.92. The first-order valence-corrected chi connectivity index (χ1v) is 9.85. The number of carbonyl (C=O) groups excluding carboxylic acids is 3. The number of methoxy groups -OCH3 is 1. The van der Waals surface area contributed by atoms with Gasteiger partial charge in [0, 0.05) is 12.2 Å². The molecule has 1 N–H and O–H groups in total. The fourth-order valence-electron chi connectivity index (χ4n) is 3.43. The van der Waals surface area contributed by atoms with Crippen molar-refractivity contribution in [3.05, 3.63) is 53.3 Å². The van der Waals surface area contributed by atoms with Crippen LogP contribution in [0.15, 0.2) is 36.4 Å². The summed E-state index contributed by atoms with van der Waals surface area (Å²) < 4.78 is 10.1. The van der Waals surface area contributed by atoms with E-state index in [4.69, 9.17) is 9.47 Å². The Morgan fingerprint density at radius 1 is 1.17 bits per heavy atom. The summed E-state index contributed by atoms with van der Waals surface area (Å²) in [5.74, 6) is -0.357. The SMILES string of the molecule is CCOC(=O)c1ccc(C(=O)N2CCCC2C(=O)Nc2ccc(OC)cc2)nc1C. The highest BCUT2D eigenvalue weighted by atomic mass is 16.5. The molecule has 2 heterocycles. The molecule has 158 valence electrons. The molecule has 8 nitrogen and oxygen atoms in total. The number of nitrogens with zero attached hydrogens (tertiary/aromatic N) is 2. The molecule has 8 heteroatoms. The third-order valence-corrected chi connectivity index (χ3v) is 4.97. The van der Waals surface area contributed by atoms with Crippen LogP contribution in [0.3, 0.4) is 0 Å². The van der Waals surface area contributed by atoms with Crippen LogP contribution in [0, 0.1) is 6.92 Å². The molecule has 0 saturated carbocycles. The van der Waals surface area contributed by atoms with Crippen molar-refractivity contribution in [3.8, 4) is 5.75 Å². The molecule has 1 unspecified atom stereocenters. The average molecular weight is 411 g/mol. The minimum absolute atomic E-state index is 0.199. The number of hydrogen-bond donors (Lipinski definition) is 1. The lowest BCUT2D eigenvalue weighted by molar-refractivity contribution is -0.119. The van der Waals surface area contributed by atoms with Crippen molar-refractivity contribution in [1.29, 1.82) is 0 Å². The third-order valence-electron chi connectivity index (χ3n) is 4.97. The van der Waals surface area contributed by atoms with E-state index in [-0.39, 0.29) is 24.1 Å². The lowest BCUT2D eigenvalue weighted by Gasteiger charge is -2.24.